The molecule has 0 aromatic carbocycles. The first-order valence-electron chi connectivity index (χ1n) is 5.50. The van der Waals surface area contributed by atoms with Gasteiger partial charge in [0.25, 0.3) is 0 Å². The average molecular weight is 332 g/mol. The molecule has 0 aliphatic rings. The number of carboxylic acid groups (broad SMARTS) is 1. The van der Waals surface area contributed by atoms with Gasteiger partial charge in [-0.25, -0.2) is 18.2 Å². The van der Waals surface area contributed by atoms with Crippen LogP contribution < -0.4 is 0 Å². The second-order valence-corrected chi connectivity index (χ2v) is 8.33. The van der Waals surface area contributed by atoms with Crippen LogP contribution in [0.2, 0.25) is 0 Å². The van der Waals surface area contributed by atoms with Gasteiger partial charge in [0.15, 0.2) is 0 Å². The number of carbonyl (C=O) groups is 1. The molecule has 1 N–H and O–H groups in total. The molecule has 2 aromatic heterocycles. The monoisotopic (exact) mass is 332 g/mol. The van der Waals surface area contributed by atoms with Gasteiger partial charge in [-0.15, -0.1) is 22.7 Å². The summed E-state index contributed by atoms with van der Waals surface area (Å²) in [5.41, 5.74) is 0. The Morgan fingerprint density at radius 2 is 2.20 bits per heavy atom. The van der Waals surface area contributed by atoms with Gasteiger partial charge < -0.3 is 5.11 Å². The first-order valence-corrected chi connectivity index (χ1v) is 8.64. The third-order valence-electron chi connectivity index (χ3n) is 2.54. The SMILES string of the molecule is Cc1ncc(CN(C)S(=O)(=O)c2csc(C(=O)O)c2)s1. The van der Waals surface area contributed by atoms with E-state index in [2.05, 4.69) is 4.98 Å². The smallest absolute Gasteiger partial charge is 0.345 e. The Labute approximate surface area is 124 Å². The van der Waals surface area contributed by atoms with Crippen molar-refractivity contribution in [3.05, 3.63) is 32.4 Å². The molecule has 108 valence electrons. The van der Waals surface area contributed by atoms with Crippen molar-refractivity contribution >= 4 is 38.7 Å². The lowest BCUT2D eigenvalue weighted by molar-refractivity contribution is 0.0702. The molecule has 2 rings (SSSR count). The maximum atomic E-state index is 12.3. The van der Waals surface area contributed by atoms with Crippen LogP contribution in [0, 0.1) is 6.92 Å². The third-order valence-corrected chi connectivity index (χ3v) is 6.29. The molecule has 9 heteroatoms. The van der Waals surface area contributed by atoms with Crippen molar-refractivity contribution in [1.82, 2.24) is 9.29 Å². The normalized spacial score (nSPS) is 11.9. The molecule has 0 unspecified atom stereocenters. The van der Waals surface area contributed by atoms with Crippen molar-refractivity contribution < 1.29 is 18.3 Å². The van der Waals surface area contributed by atoms with Gasteiger partial charge in [0.1, 0.15) is 4.88 Å². The Morgan fingerprint density at radius 3 is 2.70 bits per heavy atom. The molecule has 2 heterocycles. The summed E-state index contributed by atoms with van der Waals surface area (Å²) in [5.74, 6) is -1.13. The Kier molecular flexibility index (Phi) is 4.23. The molecule has 0 atom stereocenters. The summed E-state index contributed by atoms with van der Waals surface area (Å²) >= 11 is 2.33. The quantitative estimate of drug-likeness (QED) is 0.905. The van der Waals surface area contributed by atoms with Crippen LogP contribution in [-0.4, -0.2) is 35.8 Å². The summed E-state index contributed by atoms with van der Waals surface area (Å²) in [7, 11) is -2.22. The maximum Gasteiger partial charge on any atom is 0.345 e. The topological polar surface area (TPSA) is 87.6 Å². The van der Waals surface area contributed by atoms with E-state index in [1.807, 2.05) is 6.92 Å². The molecular weight excluding hydrogens is 320 g/mol. The van der Waals surface area contributed by atoms with Gasteiger partial charge in [-0.2, -0.15) is 4.31 Å². The van der Waals surface area contributed by atoms with Crippen LogP contribution in [0.15, 0.2) is 22.5 Å². The zero-order chi connectivity index (χ0) is 14.9. The number of aryl methyl sites for hydroxylation is 1. The van der Waals surface area contributed by atoms with Gasteiger partial charge in [-0.05, 0) is 13.0 Å². The first-order chi connectivity index (χ1) is 9.30. The summed E-state index contributed by atoms with van der Waals surface area (Å²) in [4.78, 5) is 15.7. The third kappa shape index (κ3) is 3.06. The molecule has 2 aromatic rings. The standard InChI is InChI=1S/C11H12N2O4S3/c1-7-12-4-8(19-7)5-13(2)20(16,17)9-3-10(11(14)15)18-6-9/h3-4,6H,5H2,1-2H3,(H,14,15). The summed E-state index contributed by atoms with van der Waals surface area (Å²) in [6.45, 7) is 2.06. The number of sulfonamides is 1. The minimum absolute atomic E-state index is 0.00337. The summed E-state index contributed by atoms with van der Waals surface area (Å²) in [6.07, 6.45) is 1.64. The van der Waals surface area contributed by atoms with Gasteiger partial charge >= 0.3 is 5.97 Å². The molecule has 0 aliphatic carbocycles. The van der Waals surface area contributed by atoms with Crippen LogP contribution in [-0.2, 0) is 16.6 Å². The average Bonchev–Trinajstić information content (AvgIpc) is 2.98. The fourth-order valence-electron chi connectivity index (χ4n) is 1.53. The highest BCUT2D eigenvalue weighted by molar-refractivity contribution is 7.89. The van der Waals surface area contributed by atoms with Crippen LogP contribution in [0.3, 0.4) is 0 Å². The lowest BCUT2D eigenvalue weighted by Gasteiger charge is -2.14. The fourth-order valence-corrected chi connectivity index (χ4v) is 4.71. The molecule has 0 bridgehead atoms. The molecular formula is C11H12N2O4S3. The predicted octanol–water partition coefficient (Wildman–Crippen LogP) is 2.03. The number of hydrogen-bond acceptors (Lipinski definition) is 6. The van der Waals surface area contributed by atoms with E-state index in [1.165, 1.54) is 34.1 Å². The molecule has 0 spiro atoms. The van der Waals surface area contributed by atoms with E-state index in [4.69, 9.17) is 5.11 Å². The maximum absolute atomic E-state index is 12.3. The van der Waals surface area contributed by atoms with Crippen molar-refractivity contribution in [2.45, 2.75) is 18.4 Å². The predicted molar refractivity (Wildman–Crippen MR) is 76.8 cm³/mol. The first kappa shape index (κ1) is 15.1. The number of carboxylic acids is 1. The van der Waals surface area contributed by atoms with Crippen molar-refractivity contribution in [2.24, 2.45) is 0 Å². The van der Waals surface area contributed by atoms with Crippen LogP contribution in [0.4, 0.5) is 0 Å². The van der Waals surface area contributed by atoms with E-state index in [0.29, 0.717) is 0 Å². The van der Waals surface area contributed by atoms with E-state index < -0.39 is 16.0 Å². The van der Waals surface area contributed by atoms with Gasteiger partial charge in [0.05, 0.1) is 9.90 Å². The summed E-state index contributed by atoms with van der Waals surface area (Å²) in [6, 6.07) is 1.18. The number of rotatable bonds is 5. The molecule has 0 fully saturated rings. The highest BCUT2D eigenvalue weighted by Gasteiger charge is 2.24. The Bertz CT molecular complexity index is 732. The Balaban J connectivity index is 2.22. The fraction of sp³-hybridized carbons (Fsp3) is 0.273. The molecule has 0 amide bonds. The van der Waals surface area contributed by atoms with Gasteiger partial charge in [-0.3, -0.25) is 0 Å². The molecule has 20 heavy (non-hydrogen) atoms. The number of thiophene rings is 1. The van der Waals surface area contributed by atoms with Gasteiger partial charge in [0.2, 0.25) is 10.0 Å². The number of aromatic carboxylic acids is 1. The van der Waals surface area contributed by atoms with Crippen molar-refractivity contribution in [3.8, 4) is 0 Å². The Morgan fingerprint density at radius 1 is 1.50 bits per heavy atom. The molecule has 0 saturated carbocycles. The van der Waals surface area contributed by atoms with Crippen molar-refractivity contribution in [3.63, 3.8) is 0 Å². The largest absolute Gasteiger partial charge is 0.477 e. The lowest BCUT2D eigenvalue weighted by Crippen LogP contribution is -2.25. The Hall–Kier alpha value is -1.29. The number of hydrogen-bond donors (Lipinski definition) is 1. The zero-order valence-corrected chi connectivity index (χ0v) is 13.2. The molecule has 0 saturated heterocycles. The molecule has 0 aliphatic heterocycles. The van der Waals surface area contributed by atoms with E-state index in [9.17, 15) is 13.2 Å². The van der Waals surface area contributed by atoms with Crippen LogP contribution in [0.5, 0.6) is 0 Å². The number of nitrogens with zero attached hydrogens (tertiary/aromatic N) is 2. The zero-order valence-electron chi connectivity index (χ0n) is 10.7. The van der Waals surface area contributed by atoms with Gasteiger partial charge in [0, 0.05) is 30.0 Å². The highest BCUT2D eigenvalue weighted by Crippen LogP contribution is 2.24. The van der Waals surface area contributed by atoms with Crippen molar-refractivity contribution in [1.29, 1.82) is 0 Å². The number of aromatic nitrogens is 1. The van der Waals surface area contributed by atoms with Crippen molar-refractivity contribution in [2.75, 3.05) is 7.05 Å². The lowest BCUT2D eigenvalue weighted by atomic mass is 10.5. The van der Waals surface area contributed by atoms with E-state index in [1.54, 1.807) is 6.20 Å². The highest BCUT2D eigenvalue weighted by atomic mass is 32.2. The minimum atomic E-state index is -3.68. The van der Waals surface area contributed by atoms with Crippen LogP contribution >= 0.6 is 22.7 Å². The second-order valence-electron chi connectivity index (χ2n) is 4.06. The molecule has 0 radical (unpaired) electrons. The summed E-state index contributed by atoms with van der Waals surface area (Å²) < 4.78 is 25.8. The van der Waals surface area contributed by atoms with Crippen LogP contribution in [0.25, 0.3) is 0 Å². The minimum Gasteiger partial charge on any atom is -0.477 e. The summed E-state index contributed by atoms with van der Waals surface area (Å²) in [5, 5.41) is 11.0. The second kappa shape index (κ2) is 5.60. The number of thiazole rings is 1. The molecule has 6 nitrogen and oxygen atoms in total. The van der Waals surface area contributed by atoms with E-state index in [0.717, 1.165) is 21.2 Å². The van der Waals surface area contributed by atoms with Crippen LogP contribution in [0.1, 0.15) is 19.6 Å². The van der Waals surface area contributed by atoms with E-state index >= 15 is 0 Å². The van der Waals surface area contributed by atoms with E-state index in [-0.39, 0.29) is 16.3 Å². The van der Waals surface area contributed by atoms with Gasteiger partial charge in [-0.1, -0.05) is 0 Å².